The van der Waals surface area contributed by atoms with E-state index in [4.69, 9.17) is 20.5 Å². The minimum absolute atomic E-state index is 0.287. The van der Waals surface area contributed by atoms with Gasteiger partial charge < -0.3 is 15.3 Å². The maximum Gasteiger partial charge on any atom is 0.262 e. The molecular formula is C6H7NO4. The third-order valence-electron chi connectivity index (χ3n) is 1.15. The standard InChI is InChI=1S/C6H7NO4/c8-4-2-1-3-7(11)6(10)5(4)9/h1-3,8-11H. The Hall–Kier alpha value is -1.62. The first kappa shape index (κ1) is 7.49. The minimum Gasteiger partial charge on any atom is -0.504 e. The highest BCUT2D eigenvalue weighted by Gasteiger charge is 2.14. The number of hydroxylamine groups is 2. The fourth-order valence-electron chi connectivity index (χ4n) is 0.588. The van der Waals surface area contributed by atoms with Crippen LogP contribution >= 0.6 is 0 Å². The zero-order valence-corrected chi connectivity index (χ0v) is 5.47. The lowest BCUT2D eigenvalue weighted by molar-refractivity contribution is -0.0523. The molecule has 0 aliphatic carbocycles. The van der Waals surface area contributed by atoms with Crippen LogP contribution in [0.4, 0.5) is 0 Å². The van der Waals surface area contributed by atoms with Gasteiger partial charge in [-0.2, -0.15) is 5.06 Å². The smallest absolute Gasteiger partial charge is 0.262 e. The highest BCUT2D eigenvalue weighted by atomic mass is 16.5. The molecule has 0 radical (unpaired) electrons. The lowest BCUT2D eigenvalue weighted by Crippen LogP contribution is -2.12. The van der Waals surface area contributed by atoms with Gasteiger partial charge in [0.15, 0.2) is 5.76 Å². The molecule has 5 heteroatoms. The van der Waals surface area contributed by atoms with Crippen LogP contribution in [0, 0.1) is 0 Å². The van der Waals surface area contributed by atoms with E-state index in [1.54, 1.807) is 0 Å². The van der Waals surface area contributed by atoms with E-state index >= 15 is 0 Å². The minimum atomic E-state index is -0.812. The van der Waals surface area contributed by atoms with Gasteiger partial charge in [-0.25, -0.2) is 0 Å². The molecule has 60 valence electrons. The first-order valence-electron chi connectivity index (χ1n) is 2.81. The van der Waals surface area contributed by atoms with Gasteiger partial charge in [0.1, 0.15) is 0 Å². The second-order valence-corrected chi connectivity index (χ2v) is 1.91. The zero-order chi connectivity index (χ0) is 8.43. The Bertz CT molecular complexity index is 253. The first-order valence-corrected chi connectivity index (χ1v) is 2.81. The molecule has 0 saturated heterocycles. The van der Waals surface area contributed by atoms with Crippen molar-refractivity contribution in [2.45, 2.75) is 0 Å². The quantitative estimate of drug-likeness (QED) is 0.420. The van der Waals surface area contributed by atoms with Crippen molar-refractivity contribution in [3.63, 3.8) is 0 Å². The monoisotopic (exact) mass is 157 g/mol. The normalized spacial score (nSPS) is 18.3. The van der Waals surface area contributed by atoms with Crippen molar-refractivity contribution in [3.05, 3.63) is 35.8 Å². The Morgan fingerprint density at radius 3 is 2.45 bits per heavy atom. The molecule has 0 bridgehead atoms. The van der Waals surface area contributed by atoms with Crippen LogP contribution in [0.15, 0.2) is 35.8 Å². The van der Waals surface area contributed by atoms with E-state index in [1.165, 1.54) is 6.08 Å². The summed E-state index contributed by atoms with van der Waals surface area (Å²) in [6.45, 7) is 0. The molecule has 0 aromatic heterocycles. The van der Waals surface area contributed by atoms with E-state index in [0.717, 1.165) is 12.3 Å². The molecule has 0 saturated carbocycles. The molecule has 0 amide bonds. The number of aliphatic hydroxyl groups is 3. The van der Waals surface area contributed by atoms with Gasteiger partial charge in [0.2, 0.25) is 5.76 Å². The molecule has 11 heavy (non-hydrogen) atoms. The summed E-state index contributed by atoms with van der Waals surface area (Å²) < 4.78 is 0. The van der Waals surface area contributed by atoms with Crippen LogP contribution in [-0.2, 0) is 0 Å². The Labute approximate surface area is 62.4 Å². The predicted molar refractivity (Wildman–Crippen MR) is 35.8 cm³/mol. The van der Waals surface area contributed by atoms with Crippen molar-refractivity contribution in [3.8, 4) is 0 Å². The maximum absolute atomic E-state index is 8.87. The second kappa shape index (κ2) is 2.55. The van der Waals surface area contributed by atoms with E-state index in [0.29, 0.717) is 0 Å². The number of allylic oxidation sites excluding steroid dienone is 2. The summed E-state index contributed by atoms with van der Waals surface area (Å²) in [5, 5.41) is 35.6. The molecule has 1 rings (SSSR count). The van der Waals surface area contributed by atoms with Crippen molar-refractivity contribution >= 4 is 0 Å². The van der Waals surface area contributed by atoms with Gasteiger partial charge >= 0.3 is 0 Å². The van der Waals surface area contributed by atoms with Gasteiger partial charge in [0.25, 0.3) is 5.88 Å². The summed E-state index contributed by atoms with van der Waals surface area (Å²) in [5.41, 5.74) is 0. The van der Waals surface area contributed by atoms with E-state index < -0.39 is 17.4 Å². The largest absolute Gasteiger partial charge is 0.504 e. The third-order valence-corrected chi connectivity index (χ3v) is 1.15. The Balaban J connectivity index is 3.08. The van der Waals surface area contributed by atoms with E-state index in [-0.39, 0.29) is 5.06 Å². The molecule has 0 spiro atoms. The lowest BCUT2D eigenvalue weighted by atomic mass is 10.4. The average Bonchev–Trinajstić information content (AvgIpc) is 2.07. The predicted octanol–water partition coefficient (Wildman–Crippen LogP) is 0.932. The van der Waals surface area contributed by atoms with Crippen molar-refractivity contribution in [1.29, 1.82) is 0 Å². The van der Waals surface area contributed by atoms with Crippen LogP contribution in [0.1, 0.15) is 0 Å². The summed E-state index contributed by atoms with van der Waals surface area (Å²) in [4.78, 5) is 0. The summed E-state index contributed by atoms with van der Waals surface area (Å²) in [7, 11) is 0. The summed E-state index contributed by atoms with van der Waals surface area (Å²) in [6, 6.07) is 0. The molecule has 0 atom stereocenters. The SMILES string of the molecule is OC1=CC=CN(O)C(O)=C1O. The van der Waals surface area contributed by atoms with Gasteiger partial charge in [-0.15, -0.1) is 0 Å². The van der Waals surface area contributed by atoms with Crippen LogP contribution in [-0.4, -0.2) is 25.6 Å². The van der Waals surface area contributed by atoms with Crippen LogP contribution in [0.5, 0.6) is 0 Å². The molecule has 1 heterocycles. The van der Waals surface area contributed by atoms with Gasteiger partial charge in [-0.05, 0) is 12.2 Å². The fourth-order valence-corrected chi connectivity index (χ4v) is 0.588. The van der Waals surface area contributed by atoms with Crippen molar-refractivity contribution in [2.75, 3.05) is 0 Å². The number of rotatable bonds is 0. The Morgan fingerprint density at radius 1 is 1.18 bits per heavy atom. The number of nitrogens with zero attached hydrogens (tertiary/aromatic N) is 1. The topological polar surface area (TPSA) is 84.2 Å². The highest BCUT2D eigenvalue weighted by Crippen LogP contribution is 2.13. The average molecular weight is 157 g/mol. The lowest BCUT2D eigenvalue weighted by Gasteiger charge is -2.08. The number of aliphatic hydroxyl groups excluding tert-OH is 3. The van der Waals surface area contributed by atoms with Gasteiger partial charge in [-0.3, -0.25) is 5.21 Å². The summed E-state index contributed by atoms with van der Waals surface area (Å²) >= 11 is 0. The van der Waals surface area contributed by atoms with Gasteiger partial charge in [0.05, 0.1) is 0 Å². The molecule has 0 aromatic rings. The maximum atomic E-state index is 8.87. The number of hydrogen-bond acceptors (Lipinski definition) is 5. The molecule has 0 fully saturated rings. The Kier molecular flexibility index (Phi) is 1.74. The zero-order valence-electron chi connectivity index (χ0n) is 5.47. The molecule has 1 aliphatic rings. The van der Waals surface area contributed by atoms with E-state index in [9.17, 15) is 0 Å². The molecule has 4 N–H and O–H groups in total. The number of hydrogen-bond donors (Lipinski definition) is 4. The highest BCUT2D eigenvalue weighted by molar-refractivity contribution is 5.26. The second-order valence-electron chi connectivity index (χ2n) is 1.91. The van der Waals surface area contributed by atoms with E-state index in [1.807, 2.05) is 0 Å². The molecule has 5 nitrogen and oxygen atoms in total. The van der Waals surface area contributed by atoms with Crippen molar-refractivity contribution in [1.82, 2.24) is 5.06 Å². The van der Waals surface area contributed by atoms with Crippen LogP contribution < -0.4 is 0 Å². The van der Waals surface area contributed by atoms with Gasteiger partial charge in [0, 0.05) is 6.20 Å². The Morgan fingerprint density at radius 2 is 1.82 bits per heavy atom. The molecule has 0 aromatic carbocycles. The van der Waals surface area contributed by atoms with Crippen LogP contribution in [0.25, 0.3) is 0 Å². The van der Waals surface area contributed by atoms with Crippen molar-refractivity contribution in [2.24, 2.45) is 0 Å². The van der Waals surface area contributed by atoms with Gasteiger partial charge in [-0.1, -0.05) is 0 Å². The van der Waals surface area contributed by atoms with Crippen LogP contribution in [0.3, 0.4) is 0 Å². The summed E-state index contributed by atoms with van der Waals surface area (Å²) in [6.07, 6.45) is 3.45. The third kappa shape index (κ3) is 1.27. The molecule has 0 unspecified atom stereocenters. The first-order chi connectivity index (χ1) is 5.13. The molecular weight excluding hydrogens is 150 g/mol. The summed E-state index contributed by atoms with van der Waals surface area (Å²) in [5.74, 6) is -2.08. The van der Waals surface area contributed by atoms with E-state index in [2.05, 4.69) is 0 Å². The molecule has 1 aliphatic heterocycles. The van der Waals surface area contributed by atoms with Crippen molar-refractivity contribution < 1.29 is 20.5 Å². The van der Waals surface area contributed by atoms with Crippen LogP contribution in [0.2, 0.25) is 0 Å². The fraction of sp³-hybridized carbons (Fsp3) is 0.